The summed E-state index contributed by atoms with van der Waals surface area (Å²) in [5, 5.41) is 0. The van der Waals surface area contributed by atoms with Crippen LogP contribution in [0.3, 0.4) is 0 Å². The maximum atomic E-state index is 12.1. The molecule has 96 valence electrons. The molecule has 6 heteroatoms. The molecule has 1 unspecified atom stereocenters. The van der Waals surface area contributed by atoms with Crippen molar-refractivity contribution in [1.82, 2.24) is 9.88 Å². The molecule has 0 bridgehead atoms. The monoisotopic (exact) mass is 250 g/mol. The number of ether oxygens (including phenoxy) is 1. The van der Waals surface area contributed by atoms with Crippen molar-refractivity contribution in [3.05, 3.63) is 34.2 Å². The first-order valence-electron chi connectivity index (χ1n) is 5.67. The number of hydrogen-bond donors (Lipinski definition) is 1. The maximum Gasteiger partial charge on any atom is 0.310 e. The molecule has 1 aliphatic rings. The molecule has 6 nitrogen and oxygen atoms in total. The molecule has 1 aromatic heterocycles. The highest BCUT2D eigenvalue weighted by Crippen LogP contribution is 2.19. The van der Waals surface area contributed by atoms with E-state index in [9.17, 15) is 14.4 Å². The van der Waals surface area contributed by atoms with E-state index < -0.39 is 0 Å². The van der Waals surface area contributed by atoms with E-state index in [4.69, 9.17) is 0 Å². The highest BCUT2D eigenvalue weighted by molar-refractivity contribution is 5.94. The standard InChI is InChI=1S/C12H14N2O4/c1-18-12(17)9-3-5-14(7-9)11(16)8-2-4-13-10(15)6-8/h2,4,6,9H,3,5,7H2,1H3,(H,13,15). The summed E-state index contributed by atoms with van der Waals surface area (Å²) in [6.45, 7) is 0.851. The van der Waals surface area contributed by atoms with Gasteiger partial charge in [0.25, 0.3) is 5.91 Å². The van der Waals surface area contributed by atoms with Crippen LogP contribution in [0, 0.1) is 5.92 Å². The van der Waals surface area contributed by atoms with Crippen molar-refractivity contribution in [3.8, 4) is 0 Å². The lowest BCUT2D eigenvalue weighted by Crippen LogP contribution is -2.30. The lowest BCUT2D eigenvalue weighted by Gasteiger charge is -2.15. The lowest BCUT2D eigenvalue weighted by molar-refractivity contribution is -0.144. The van der Waals surface area contributed by atoms with Crippen molar-refractivity contribution >= 4 is 11.9 Å². The van der Waals surface area contributed by atoms with E-state index >= 15 is 0 Å². The van der Waals surface area contributed by atoms with Crippen molar-refractivity contribution in [2.45, 2.75) is 6.42 Å². The van der Waals surface area contributed by atoms with E-state index in [1.165, 1.54) is 19.4 Å². The molecule has 1 fully saturated rings. The Balaban J connectivity index is 2.08. The van der Waals surface area contributed by atoms with Crippen LogP contribution in [0.4, 0.5) is 0 Å². The minimum Gasteiger partial charge on any atom is -0.469 e. The molecule has 1 amide bonds. The highest BCUT2D eigenvalue weighted by atomic mass is 16.5. The number of nitrogens with one attached hydrogen (secondary N) is 1. The van der Waals surface area contributed by atoms with Crippen molar-refractivity contribution in [2.75, 3.05) is 20.2 Å². The summed E-state index contributed by atoms with van der Waals surface area (Å²) in [6.07, 6.45) is 2.03. The van der Waals surface area contributed by atoms with Gasteiger partial charge in [0.1, 0.15) is 0 Å². The largest absolute Gasteiger partial charge is 0.469 e. The predicted molar refractivity (Wildman–Crippen MR) is 63.1 cm³/mol. The minimum atomic E-state index is -0.315. The van der Waals surface area contributed by atoms with Crippen LogP contribution in [-0.2, 0) is 9.53 Å². The van der Waals surface area contributed by atoms with Crippen LogP contribution in [0.15, 0.2) is 23.1 Å². The summed E-state index contributed by atoms with van der Waals surface area (Å²) >= 11 is 0. The van der Waals surface area contributed by atoms with Crippen molar-refractivity contribution in [2.24, 2.45) is 5.92 Å². The molecule has 1 N–H and O–H groups in total. The third kappa shape index (κ3) is 2.42. The molecular formula is C12H14N2O4. The number of esters is 1. The van der Waals surface area contributed by atoms with Crippen LogP contribution in [0.5, 0.6) is 0 Å². The van der Waals surface area contributed by atoms with Gasteiger partial charge < -0.3 is 14.6 Å². The van der Waals surface area contributed by atoms with E-state index in [1.807, 2.05) is 0 Å². The number of aromatic amines is 1. The first kappa shape index (κ1) is 12.3. The first-order valence-corrected chi connectivity index (χ1v) is 5.67. The van der Waals surface area contributed by atoms with E-state index in [-0.39, 0.29) is 23.4 Å². The van der Waals surface area contributed by atoms with Crippen molar-refractivity contribution in [1.29, 1.82) is 0 Å². The van der Waals surface area contributed by atoms with Gasteiger partial charge in [-0.15, -0.1) is 0 Å². The van der Waals surface area contributed by atoms with Crippen LogP contribution in [0.25, 0.3) is 0 Å². The Labute approximate surface area is 104 Å². The third-order valence-electron chi connectivity index (χ3n) is 3.03. The number of pyridine rings is 1. The van der Waals surface area contributed by atoms with Crippen LogP contribution in [0.2, 0.25) is 0 Å². The van der Waals surface area contributed by atoms with Gasteiger partial charge in [-0.3, -0.25) is 14.4 Å². The van der Waals surface area contributed by atoms with Crippen LogP contribution < -0.4 is 5.56 Å². The summed E-state index contributed by atoms with van der Waals surface area (Å²) in [4.78, 5) is 38.6. The van der Waals surface area contributed by atoms with Gasteiger partial charge in [-0.05, 0) is 12.5 Å². The molecule has 2 heterocycles. The normalized spacial score (nSPS) is 18.7. The third-order valence-corrected chi connectivity index (χ3v) is 3.03. The van der Waals surface area contributed by atoms with E-state index in [2.05, 4.69) is 9.72 Å². The summed E-state index contributed by atoms with van der Waals surface area (Å²) in [5.41, 5.74) is 0.0221. The van der Waals surface area contributed by atoms with Gasteiger partial charge in [0.2, 0.25) is 5.56 Å². The fourth-order valence-corrected chi connectivity index (χ4v) is 2.06. The molecule has 0 radical (unpaired) electrons. The van der Waals surface area contributed by atoms with Gasteiger partial charge in [-0.1, -0.05) is 0 Å². The number of amides is 1. The molecular weight excluding hydrogens is 236 g/mol. The molecule has 0 saturated carbocycles. The molecule has 0 aromatic carbocycles. The summed E-state index contributed by atoms with van der Waals surface area (Å²) < 4.78 is 4.66. The van der Waals surface area contributed by atoms with E-state index in [1.54, 1.807) is 11.0 Å². The molecule has 0 aliphatic carbocycles. The molecule has 18 heavy (non-hydrogen) atoms. The quantitative estimate of drug-likeness (QED) is 0.750. The maximum absolute atomic E-state index is 12.1. The van der Waals surface area contributed by atoms with Crippen LogP contribution in [0.1, 0.15) is 16.8 Å². The topological polar surface area (TPSA) is 79.5 Å². The molecule has 0 spiro atoms. The Morgan fingerprint density at radius 1 is 1.50 bits per heavy atom. The van der Waals surface area contributed by atoms with Crippen LogP contribution in [-0.4, -0.2) is 42.0 Å². The van der Waals surface area contributed by atoms with Gasteiger partial charge in [0, 0.05) is 30.9 Å². The number of carbonyl (C=O) groups is 2. The number of likely N-dealkylation sites (tertiary alicyclic amines) is 1. The first-order chi connectivity index (χ1) is 8.61. The lowest BCUT2D eigenvalue weighted by atomic mass is 10.1. The number of rotatable bonds is 2. The van der Waals surface area contributed by atoms with Gasteiger partial charge in [0.15, 0.2) is 0 Å². The Morgan fingerprint density at radius 3 is 2.94 bits per heavy atom. The summed E-state index contributed by atoms with van der Waals surface area (Å²) in [7, 11) is 1.34. The summed E-state index contributed by atoms with van der Waals surface area (Å²) in [5.74, 6) is -0.787. The molecule has 1 saturated heterocycles. The highest BCUT2D eigenvalue weighted by Gasteiger charge is 2.32. The number of methoxy groups -OCH3 is 1. The SMILES string of the molecule is COC(=O)C1CCN(C(=O)c2cc[nH]c(=O)c2)C1. The molecule has 1 aromatic rings. The fourth-order valence-electron chi connectivity index (χ4n) is 2.06. The van der Waals surface area contributed by atoms with Gasteiger partial charge in [0.05, 0.1) is 13.0 Å². The minimum absolute atomic E-state index is 0.229. The van der Waals surface area contributed by atoms with E-state index in [0.29, 0.717) is 25.1 Å². The zero-order valence-electron chi connectivity index (χ0n) is 10.0. The number of nitrogens with zero attached hydrogens (tertiary/aromatic N) is 1. The Bertz CT molecular complexity index is 523. The van der Waals surface area contributed by atoms with Crippen molar-refractivity contribution in [3.63, 3.8) is 0 Å². The Morgan fingerprint density at radius 2 is 2.28 bits per heavy atom. The van der Waals surface area contributed by atoms with Gasteiger partial charge in [-0.2, -0.15) is 0 Å². The number of hydrogen-bond acceptors (Lipinski definition) is 4. The molecule has 1 aliphatic heterocycles. The second-order valence-electron chi connectivity index (χ2n) is 4.20. The predicted octanol–water partition coefficient (Wildman–Crippen LogP) is 0.01000. The van der Waals surface area contributed by atoms with Gasteiger partial charge >= 0.3 is 5.97 Å². The smallest absolute Gasteiger partial charge is 0.310 e. The second-order valence-corrected chi connectivity index (χ2v) is 4.20. The number of H-pyrrole nitrogens is 1. The second kappa shape index (κ2) is 5.03. The van der Waals surface area contributed by atoms with Crippen LogP contribution >= 0.6 is 0 Å². The number of carbonyl (C=O) groups excluding carboxylic acids is 2. The Kier molecular flexibility index (Phi) is 3.45. The van der Waals surface area contributed by atoms with Crippen molar-refractivity contribution < 1.29 is 14.3 Å². The average Bonchev–Trinajstić information content (AvgIpc) is 2.86. The fraction of sp³-hybridized carbons (Fsp3) is 0.417. The number of aromatic nitrogens is 1. The zero-order valence-corrected chi connectivity index (χ0v) is 10.0. The zero-order chi connectivity index (χ0) is 13.1. The molecule has 1 atom stereocenters. The molecule has 2 rings (SSSR count). The Hall–Kier alpha value is -2.11. The average molecular weight is 250 g/mol. The summed E-state index contributed by atoms with van der Waals surface area (Å²) in [6, 6.07) is 2.81. The van der Waals surface area contributed by atoms with E-state index in [0.717, 1.165) is 0 Å². The van der Waals surface area contributed by atoms with Gasteiger partial charge in [-0.25, -0.2) is 0 Å².